The molecule has 1 aliphatic rings. The van der Waals surface area contributed by atoms with Crippen LogP contribution in [0.1, 0.15) is 29.8 Å². The van der Waals surface area contributed by atoms with E-state index in [9.17, 15) is 9.50 Å². The minimum atomic E-state index is -1.06. The van der Waals surface area contributed by atoms with Crippen molar-refractivity contribution in [1.29, 1.82) is 0 Å². The Morgan fingerprint density at radius 2 is 1.82 bits per heavy atom. The lowest BCUT2D eigenvalue weighted by molar-refractivity contribution is -0.0303. The number of aliphatic hydroxyl groups is 1. The molecular formula is C17H20FN3O. The Labute approximate surface area is 129 Å². The molecule has 1 fully saturated rings. The molecule has 1 aliphatic heterocycles. The zero-order valence-electron chi connectivity index (χ0n) is 12.7. The van der Waals surface area contributed by atoms with Crippen LogP contribution in [0.4, 0.5) is 4.39 Å². The Bertz CT molecular complexity index is 637. The van der Waals surface area contributed by atoms with Gasteiger partial charge < -0.3 is 5.11 Å². The van der Waals surface area contributed by atoms with Crippen LogP contribution in [-0.4, -0.2) is 33.1 Å². The predicted octanol–water partition coefficient (Wildman–Crippen LogP) is 2.41. The van der Waals surface area contributed by atoms with E-state index in [1.807, 2.05) is 19.3 Å². The fourth-order valence-corrected chi connectivity index (χ4v) is 2.95. The number of nitrogens with zero attached hydrogens (tertiary/aromatic N) is 3. The maximum Gasteiger partial charge on any atom is 0.129 e. The first kappa shape index (κ1) is 15.1. The van der Waals surface area contributed by atoms with Gasteiger partial charge in [0.2, 0.25) is 0 Å². The number of piperidine rings is 1. The van der Waals surface area contributed by atoms with Gasteiger partial charge in [-0.2, -0.15) is 0 Å². The van der Waals surface area contributed by atoms with E-state index in [-0.39, 0.29) is 5.82 Å². The van der Waals surface area contributed by atoms with Gasteiger partial charge in [0.15, 0.2) is 0 Å². The predicted molar refractivity (Wildman–Crippen MR) is 81.6 cm³/mol. The second-order valence-electron chi connectivity index (χ2n) is 5.93. The van der Waals surface area contributed by atoms with Crippen LogP contribution in [0.15, 0.2) is 36.7 Å². The Morgan fingerprint density at radius 3 is 2.45 bits per heavy atom. The van der Waals surface area contributed by atoms with E-state index in [0.717, 1.165) is 31.0 Å². The molecule has 5 heteroatoms. The molecule has 0 amide bonds. The summed E-state index contributed by atoms with van der Waals surface area (Å²) < 4.78 is 13.9. The van der Waals surface area contributed by atoms with Crippen LogP contribution < -0.4 is 0 Å². The number of hydrogen-bond donors (Lipinski definition) is 1. The average molecular weight is 301 g/mol. The third-order valence-corrected chi connectivity index (χ3v) is 4.30. The van der Waals surface area contributed by atoms with Crippen molar-refractivity contribution in [3.63, 3.8) is 0 Å². The lowest BCUT2D eigenvalue weighted by atomic mass is 9.84. The molecule has 2 aromatic rings. The normalized spacial score (nSPS) is 18.3. The number of rotatable bonds is 3. The molecule has 0 bridgehead atoms. The average Bonchev–Trinajstić information content (AvgIpc) is 2.52. The first-order valence-electron chi connectivity index (χ1n) is 7.54. The largest absolute Gasteiger partial charge is 0.385 e. The molecule has 22 heavy (non-hydrogen) atoms. The standard InChI is InChI=1S/C17H20FN3O/c1-13-19-10-14(11-20-13)12-21-8-6-17(22,7-9-21)15-4-2-3-5-16(15)18/h2-5,10-11,22H,6-9,12H2,1H3. The van der Waals surface area contributed by atoms with Crippen LogP contribution in [0.25, 0.3) is 0 Å². The molecule has 0 saturated carbocycles. The third kappa shape index (κ3) is 3.15. The second-order valence-corrected chi connectivity index (χ2v) is 5.93. The van der Waals surface area contributed by atoms with Gasteiger partial charge in [0.1, 0.15) is 11.6 Å². The molecule has 0 aliphatic carbocycles. The topological polar surface area (TPSA) is 49.2 Å². The van der Waals surface area contributed by atoms with E-state index in [1.54, 1.807) is 18.2 Å². The van der Waals surface area contributed by atoms with Crippen LogP contribution in [0, 0.1) is 12.7 Å². The smallest absolute Gasteiger partial charge is 0.129 e. The summed E-state index contributed by atoms with van der Waals surface area (Å²) in [6, 6.07) is 6.50. The van der Waals surface area contributed by atoms with Crippen LogP contribution in [0.5, 0.6) is 0 Å². The number of aromatic nitrogens is 2. The molecule has 0 unspecified atom stereocenters. The van der Waals surface area contributed by atoms with Crippen molar-refractivity contribution < 1.29 is 9.50 Å². The highest BCUT2D eigenvalue weighted by atomic mass is 19.1. The number of benzene rings is 1. The molecular weight excluding hydrogens is 281 g/mol. The summed E-state index contributed by atoms with van der Waals surface area (Å²) in [6.07, 6.45) is 4.72. The fraction of sp³-hybridized carbons (Fsp3) is 0.412. The summed E-state index contributed by atoms with van der Waals surface area (Å²) in [5, 5.41) is 10.8. The molecule has 116 valence electrons. The van der Waals surface area contributed by atoms with Gasteiger partial charge in [0, 0.05) is 43.2 Å². The van der Waals surface area contributed by atoms with Crippen molar-refractivity contribution in [2.24, 2.45) is 0 Å². The maximum atomic E-state index is 13.9. The fourth-order valence-electron chi connectivity index (χ4n) is 2.95. The Hall–Kier alpha value is -1.85. The van der Waals surface area contributed by atoms with E-state index in [4.69, 9.17) is 0 Å². The van der Waals surface area contributed by atoms with Crippen LogP contribution in [0.2, 0.25) is 0 Å². The lowest BCUT2D eigenvalue weighted by Crippen LogP contribution is -2.42. The van der Waals surface area contributed by atoms with Gasteiger partial charge in [-0.05, 0) is 25.8 Å². The molecule has 0 radical (unpaired) electrons. The zero-order valence-corrected chi connectivity index (χ0v) is 12.7. The molecule has 4 nitrogen and oxygen atoms in total. The molecule has 0 spiro atoms. The highest BCUT2D eigenvalue weighted by molar-refractivity contribution is 5.25. The number of aryl methyl sites for hydroxylation is 1. The molecule has 1 saturated heterocycles. The van der Waals surface area contributed by atoms with Gasteiger partial charge in [-0.1, -0.05) is 18.2 Å². The second kappa shape index (κ2) is 6.10. The molecule has 1 aromatic heterocycles. The van der Waals surface area contributed by atoms with Crippen LogP contribution in [0.3, 0.4) is 0 Å². The van der Waals surface area contributed by atoms with Crippen molar-refractivity contribution >= 4 is 0 Å². The summed E-state index contributed by atoms with van der Waals surface area (Å²) in [4.78, 5) is 10.6. The van der Waals surface area contributed by atoms with E-state index < -0.39 is 5.60 Å². The Morgan fingerprint density at radius 1 is 1.18 bits per heavy atom. The summed E-state index contributed by atoms with van der Waals surface area (Å²) in [5.41, 5.74) is 0.404. The minimum absolute atomic E-state index is 0.328. The molecule has 1 N–H and O–H groups in total. The molecule has 0 atom stereocenters. The highest BCUT2D eigenvalue weighted by Gasteiger charge is 2.35. The van der Waals surface area contributed by atoms with Crippen molar-refractivity contribution in [1.82, 2.24) is 14.9 Å². The number of halogens is 1. The van der Waals surface area contributed by atoms with Gasteiger partial charge in [-0.15, -0.1) is 0 Å². The molecule has 2 heterocycles. The molecule has 1 aromatic carbocycles. The quantitative estimate of drug-likeness (QED) is 0.946. The van der Waals surface area contributed by atoms with Crippen molar-refractivity contribution in [2.45, 2.75) is 31.9 Å². The maximum absolute atomic E-state index is 13.9. The minimum Gasteiger partial charge on any atom is -0.385 e. The lowest BCUT2D eigenvalue weighted by Gasteiger charge is -2.38. The van der Waals surface area contributed by atoms with Crippen molar-refractivity contribution in [3.8, 4) is 0 Å². The van der Waals surface area contributed by atoms with Crippen molar-refractivity contribution in [3.05, 3.63) is 59.4 Å². The van der Waals surface area contributed by atoms with Gasteiger partial charge >= 0.3 is 0 Å². The van der Waals surface area contributed by atoms with Gasteiger partial charge in [-0.3, -0.25) is 4.90 Å². The summed E-state index contributed by atoms with van der Waals surface area (Å²) in [7, 11) is 0. The SMILES string of the molecule is Cc1ncc(CN2CCC(O)(c3ccccc3F)CC2)cn1. The Balaban J connectivity index is 1.65. The van der Waals surface area contributed by atoms with Gasteiger partial charge in [-0.25, -0.2) is 14.4 Å². The summed E-state index contributed by atoms with van der Waals surface area (Å²) >= 11 is 0. The third-order valence-electron chi connectivity index (χ3n) is 4.30. The van der Waals surface area contributed by atoms with E-state index in [2.05, 4.69) is 14.9 Å². The zero-order chi connectivity index (χ0) is 15.6. The number of hydrogen-bond acceptors (Lipinski definition) is 4. The van der Waals surface area contributed by atoms with E-state index in [1.165, 1.54) is 6.07 Å². The van der Waals surface area contributed by atoms with E-state index in [0.29, 0.717) is 18.4 Å². The monoisotopic (exact) mass is 301 g/mol. The van der Waals surface area contributed by atoms with E-state index >= 15 is 0 Å². The first-order valence-corrected chi connectivity index (χ1v) is 7.54. The van der Waals surface area contributed by atoms with Crippen LogP contribution >= 0.6 is 0 Å². The van der Waals surface area contributed by atoms with Crippen molar-refractivity contribution in [2.75, 3.05) is 13.1 Å². The summed E-state index contributed by atoms with van der Waals surface area (Å²) in [6.45, 7) is 4.06. The first-order chi connectivity index (χ1) is 10.6. The molecule has 3 rings (SSSR count). The van der Waals surface area contributed by atoms with Gasteiger partial charge in [0.05, 0.1) is 5.60 Å². The van der Waals surface area contributed by atoms with Gasteiger partial charge in [0.25, 0.3) is 0 Å². The highest BCUT2D eigenvalue weighted by Crippen LogP contribution is 2.34. The number of likely N-dealkylation sites (tertiary alicyclic amines) is 1. The Kier molecular flexibility index (Phi) is 4.18. The van der Waals surface area contributed by atoms with Crippen LogP contribution in [-0.2, 0) is 12.1 Å². The summed E-state index contributed by atoms with van der Waals surface area (Å²) in [5.74, 6) is 0.432.